The number of rotatable bonds is 6. The number of sulfone groups is 1. The molecule has 0 radical (unpaired) electrons. The van der Waals surface area contributed by atoms with Crippen molar-refractivity contribution in [3.05, 3.63) is 29.5 Å². The summed E-state index contributed by atoms with van der Waals surface area (Å²) >= 11 is 0. The molecule has 1 aliphatic rings. The average Bonchev–Trinajstić information content (AvgIpc) is 3.14. The third-order valence-corrected chi connectivity index (χ3v) is 6.40. The molecule has 1 aliphatic heterocycles. The van der Waals surface area contributed by atoms with Crippen LogP contribution in [0.5, 0.6) is 5.75 Å². The molecule has 1 fully saturated rings. The molecule has 2 aromatic rings. The van der Waals surface area contributed by atoms with Crippen molar-refractivity contribution in [1.29, 1.82) is 0 Å². The van der Waals surface area contributed by atoms with Crippen molar-refractivity contribution in [3.8, 4) is 5.75 Å². The molecule has 1 amide bonds. The summed E-state index contributed by atoms with van der Waals surface area (Å²) in [5.74, 6) is -0.654. The Morgan fingerprint density at radius 1 is 1.36 bits per heavy atom. The number of carbonyl (C=O) groups is 2. The fourth-order valence-corrected chi connectivity index (χ4v) is 4.82. The van der Waals surface area contributed by atoms with Gasteiger partial charge in [0.1, 0.15) is 11.3 Å². The van der Waals surface area contributed by atoms with Crippen LogP contribution in [0.25, 0.3) is 11.0 Å². The second-order valence-electron chi connectivity index (χ2n) is 6.80. The lowest BCUT2D eigenvalue weighted by molar-refractivity contribution is -0.129. The Bertz CT molecular complexity index is 1010. The molecular weight excluding hydrogens is 386 g/mol. The van der Waals surface area contributed by atoms with Gasteiger partial charge in [-0.15, -0.1) is 0 Å². The van der Waals surface area contributed by atoms with Gasteiger partial charge >= 0.3 is 5.97 Å². The number of benzene rings is 1. The van der Waals surface area contributed by atoms with E-state index in [2.05, 4.69) is 5.32 Å². The van der Waals surface area contributed by atoms with Crippen molar-refractivity contribution in [1.82, 2.24) is 5.32 Å². The van der Waals surface area contributed by atoms with E-state index < -0.39 is 33.9 Å². The molecule has 0 unspecified atom stereocenters. The summed E-state index contributed by atoms with van der Waals surface area (Å²) in [5.41, 5.74) is 1.11. The summed E-state index contributed by atoms with van der Waals surface area (Å²) in [4.78, 5) is 24.7. The number of furan rings is 1. The number of hydrogen-bond acceptors (Lipinski definition) is 7. The third-order valence-electron chi connectivity index (χ3n) is 4.64. The average molecular weight is 409 g/mol. The van der Waals surface area contributed by atoms with E-state index in [0.717, 1.165) is 5.39 Å². The van der Waals surface area contributed by atoms with Crippen LogP contribution in [-0.2, 0) is 19.4 Å². The highest BCUT2D eigenvalue weighted by molar-refractivity contribution is 7.91. The molecule has 1 saturated heterocycles. The van der Waals surface area contributed by atoms with Gasteiger partial charge in [-0.3, -0.25) is 4.79 Å². The maximum Gasteiger partial charge on any atom is 0.375 e. The summed E-state index contributed by atoms with van der Waals surface area (Å²) in [7, 11) is -3.11. The molecule has 1 aromatic heterocycles. The number of hydrogen-bond donors (Lipinski definition) is 1. The fourth-order valence-electron chi connectivity index (χ4n) is 3.15. The van der Waals surface area contributed by atoms with E-state index in [-0.39, 0.29) is 17.3 Å². The van der Waals surface area contributed by atoms with Gasteiger partial charge < -0.3 is 19.2 Å². The van der Waals surface area contributed by atoms with Gasteiger partial charge in [-0.1, -0.05) is 0 Å². The molecule has 28 heavy (non-hydrogen) atoms. The topological polar surface area (TPSA) is 112 Å². The predicted octanol–water partition coefficient (Wildman–Crippen LogP) is 1.99. The van der Waals surface area contributed by atoms with Crippen molar-refractivity contribution >= 4 is 32.7 Å². The van der Waals surface area contributed by atoms with Crippen LogP contribution in [-0.4, -0.2) is 50.6 Å². The zero-order valence-electron chi connectivity index (χ0n) is 16.0. The zero-order valence-corrected chi connectivity index (χ0v) is 16.8. The Labute approximate surface area is 163 Å². The lowest BCUT2D eigenvalue weighted by atomic mass is 10.1. The van der Waals surface area contributed by atoms with E-state index in [9.17, 15) is 18.0 Å². The quantitative estimate of drug-likeness (QED) is 0.726. The summed E-state index contributed by atoms with van der Waals surface area (Å²) in [6, 6.07) is 4.78. The number of ether oxygens (including phenoxy) is 2. The fraction of sp³-hybridized carbons (Fsp3) is 0.474. The highest BCUT2D eigenvalue weighted by Gasteiger charge is 2.31. The van der Waals surface area contributed by atoms with Crippen LogP contribution in [0, 0.1) is 6.92 Å². The number of nitrogens with one attached hydrogen (secondary N) is 1. The van der Waals surface area contributed by atoms with Crippen LogP contribution >= 0.6 is 0 Å². The van der Waals surface area contributed by atoms with E-state index in [1.165, 1.54) is 6.92 Å². The van der Waals surface area contributed by atoms with Crippen LogP contribution in [0.3, 0.4) is 0 Å². The molecule has 2 atom stereocenters. The van der Waals surface area contributed by atoms with Crippen LogP contribution in [0.4, 0.5) is 0 Å². The molecule has 1 aromatic carbocycles. The Balaban J connectivity index is 1.68. The first kappa shape index (κ1) is 20.2. The van der Waals surface area contributed by atoms with Gasteiger partial charge in [0, 0.05) is 17.0 Å². The largest absolute Gasteiger partial charge is 0.494 e. The Kier molecular flexibility index (Phi) is 5.64. The van der Waals surface area contributed by atoms with Gasteiger partial charge in [-0.25, -0.2) is 13.2 Å². The van der Waals surface area contributed by atoms with Gasteiger partial charge in [0.25, 0.3) is 5.91 Å². The first-order valence-electron chi connectivity index (χ1n) is 9.08. The standard InChI is InChI=1S/C19H23NO7S/c1-4-25-14-5-6-16-15(9-14)11(2)17(27-16)19(22)26-12(3)18(21)20-13-7-8-28(23,24)10-13/h5-6,9,12-13H,4,7-8,10H2,1-3H3,(H,20,21)/t12-,13+/m1/s1. The van der Waals surface area contributed by atoms with E-state index in [1.807, 2.05) is 6.92 Å². The Morgan fingerprint density at radius 2 is 2.11 bits per heavy atom. The van der Waals surface area contributed by atoms with Crippen molar-refractivity contribution < 1.29 is 31.9 Å². The maximum absolute atomic E-state index is 12.5. The first-order valence-corrected chi connectivity index (χ1v) is 10.9. The second-order valence-corrected chi connectivity index (χ2v) is 9.03. The molecule has 152 valence electrons. The van der Waals surface area contributed by atoms with Crippen LogP contribution < -0.4 is 10.1 Å². The molecular formula is C19H23NO7S. The minimum Gasteiger partial charge on any atom is -0.494 e. The number of esters is 1. The van der Waals surface area contributed by atoms with Crippen molar-refractivity contribution in [2.24, 2.45) is 0 Å². The normalized spacial score (nSPS) is 19.3. The molecule has 0 bridgehead atoms. The van der Waals surface area contributed by atoms with Crippen LogP contribution in [0.1, 0.15) is 36.4 Å². The Hall–Kier alpha value is -2.55. The lowest BCUT2D eigenvalue weighted by Crippen LogP contribution is -2.42. The SMILES string of the molecule is CCOc1ccc2oc(C(=O)O[C@H](C)C(=O)N[C@H]3CCS(=O)(=O)C3)c(C)c2c1. The Morgan fingerprint density at radius 3 is 2.75 bits per heavy atom. The molecule has 3 rings (SSSR count). The van der Waals surface area contributed by atoms with E-state index in [1.54, 1.807) is 25.1 Å². The van der Waals surface area contributed by atoms with Gasteiger partial charge in [0.15, 0.2) is 15.9 Å². The number of amides is 1. The summed E-state index contributed by atoms with van der Waals surface area (Å²) in [6.07, 6.45) is -0.720. The zero-order chi connectivity index (χ0) is 20.5. The first-order chi connectivity index (χ1) is 13.2. The maximum atomic E-state index is 12.5. The summed E-state index contributed by atoms with van der Waals surface area (Å²) in [6.45, 7) is 5.56. The molecule has 0 aliphatic carbocycles. The number of fused-ring (bicyclic) bond motifs is 1. The highest BCUT2D eigenvalue weighted by atomic mass is 32.2. The minimum absolute atomic E-state index is 0.0201. The van der Waals surface area contributed by atoms with E-state index >= 15 is 0 Å². The molecule has 0 saturated carbocycles. The van der Waals surface area contributed by atoms with Crippen molar-refractivity contribution in [3.63, 3.8) is 0 Å². The van der Waals surface area contributed by atoms with E-state index in [0.29, 0.717) is 29.9 Å². The molecule has 2 heterocycles. The predicted molar refractivity (Wildman–Crippen MR) is 102 cm³/mol. The van der Waals surface area contributed by atoms with Gasteiger partial charge in [-0.05, 0) is 45.4 Å². The molecule has 0 spiro atoms. The van der Waals surface area contributed by atoms with E-state index in [4.69, 9.17) is 13.9 Å². The number of aryl methyl sites for hydroxylation is 1. The van der Waals surface area contributed by atoms with Crippen LogP contribution in [0.2, 0.25) is 0 Å². The monoisotopic (exact) mass is 409 g/mol. The smallest absolute Gasteiger partial charge is 0.375 e. The van der Waals surface area contributed by atoms with Crippen molar-refractivity contribution in [2.45, 2.75) is 39.3 Å². The molecule has 8 nitrogen and oxygen atoms in total. The molecule has 9 heteroatoms. The summed E-state index contributed by atoms with van der Waals surface area (Å²) < 4.78 is 39.2. The number of carbonyl (C=O) groups excluding carboxylic acids is 2. The van der Waals surface area contributed by atoms with Gasteiger partial charge in [-0.2, -0.15) is 0 Å². The summed E-state index contributed by atoms with van der Waals surface area (Å²) in [5, 5.41) is 3.34. The minimum atomic E-state index is -3.11. The lowest BCUT2D eigenvalue weighted by Gasteiger charge is -2.16. The van der Waals surface area contributed by atoms with Crippen molar-refractivity contribution in [2.75, 3.05) is 18.1 Å². The second kappa shape index (κ2) is 7.83. The van der Waals surface area contributed by atoms with Gasteiger partial charge in [0.2, 0.25) is 5.76 Å². The highest BCUT2D eigenvalue weighted by Crippen LogP contribution is 2.29. The van der Waals surface area contributed by atoms with Crippen LogP contribution in [0.15, 0.2) is 22.6 Å². The molecule has 1 N–H and O–H groups in total. The third kappa shape index (κ3) is 4.30. The van der Waals surface area contributed by atoms with Gasteiger partial charge in [0.05, 0.1) is 18.1 Å².